The van der Waals surface area contributed by atoms with E-state index in [4.69, 9.17) is 0 Å². The lowest BCUT2D eigenvalue weighted by Gasteiger charge is -2.11. The summed E-state index contributed by atoms with van der Waals surface area (Å²) in [6.45, 7) is 0. The van der Waals surface area contributed by atoms with E-state index in [-0.39, 0.29) is 0 Å². The average molecular weight is 805 g/mol. The first-order valence-corrected chi connectivity index (χ1v) is 20.5. The number of nitrogens with zero attached hydrogens (tertiary/aromatic N) is 3. The van der Waals surface area contributed by atoms with E-state index in [9.17, 15) is 0 Å². The molecule has 0 fully saturated rings. The maximum absolute atomic E-state index is 3.90. The Bertz CT molecular complexity index is 3570. The van der Waals surface area contributed by atoms with Gasteiger partial charge in [0, 0.05) is 53.9 Å². The molecule has 0 radical (unpaired) electrons. The van der Waals surface area contributed by atoms with Crippen LogP contribution in [0.25, 0.3) is 105 Å². The highest BCUT2D eigenvalue weighted by atomic mass is 79.9. The second-order valence-corrected chi connectivity index (χ2v) is 16.0. The molecule has 0 unspecified atom stereocenters. The van der Waals surface area contributed by atoms with Crippen molar-refractivity contribution >= 4 is 81.3 Å². The van der Waals surface area contributed by atoms with Crippen molar-refractivity contribution in [2.45, 2.75) is 0 Å². The predicted octanol–water partition coefficient (Wildman–Crippen LogP) is 15.1. The largest absolute Gasteiger partial charge is 0.309 e. The summed E-state index contributed by atoms with van der Waals surface area (Å²) in [5, 5.41) is 7.46. The Morgan fingerprint density at radius 2 is 0.603 bits per heavy atom. The maximum atomic E-state index is 3.90. The fourth-order valence-electron chi connectivity index (χ4n) is 9.32. The molecule has 0 saturated heterocycles. The monoisotopic (exact) mass is 803 g/mol. The molecule has 3 nitrogen and oxygen atoms in total. The van der Waals surface area contributed by atoms with E-state index >= 15 is 0 Å². The first-order valence-electron chi connectivity index (χ1n) is 19.7. The molecule has 4 heteroatoms. The molecular formula is C54H34BrN3. The Labute approximate surface area is 343 Å². The fourth-order valence-corrected chi connectivity index (χ4v) is 9.81. The summed E-state index contributed by atoms with van der Waals surface area (Å²) in [4.78, 5) is 0. The first-order chi connectivity index (χ1) is 28.7. The highest BCUT2D eigenvalue weighted by Crippen LogP contribution is 2.40. The number of para-hydroxylation sites is 5. The summed E-state index contributed by atoms with van der Waals surface area (Å²) >= 11 is 3.90. The third kappa shape index (κ3) is 5.05. The molecule has 58 heavy (non-hydrogen) atoms. The van der Waals surface area contributed by atoms with Crippen LogP contribution < -0.4 is 0 Å². The molecule has 0 bridgehead atoms. The Morgan fingerprint density at radius 1 is 0.241 bits per heavy atom. The Hall–Kier alpha value is -7.14. The lowest BCUT2D eigenvalue weighted by atomic mass is 9.97. The van der Waals surface area contributed by atoms with Gasteiger partial charge in [0.2, 0.25) is 0 Å². The molecule has 0 amide bonds. The van der Waals surface area contributed by atoms with Crippen LogP contribution in [0.15, 0.2) is 211 Å². The van der Waals surface area contributed by atoms with E-state index in [1.807, 2.05) is 0 Å². The Kier molecular flexibility index (Phi) is 7.38. The topological polar surface area (TPSA) is 14.8 Å². The molecule has 272 valence electrons. The van der Waals surface area contributed by atoms with Gasteiger partial charge in [-0.1, -0.05) is 119 Å². The van der Waals surface area contributed by atoms with Gasteiger partial charge in [0.25, 0.3) is 0 Å². The highest BCUT2D eigenvalue weighted by molar-refractivity contribution is 9.10. The van der Waals surface area contributed by atoms with Crippen LogP contribution in [0.3, 0.4) is 0 Å². The maximum Gasteiger partial charge on any atom is 0.0542 e. The number of halogens is 1. The van der Waals surface area contributed by atoms with Gasteiger partial charge in [0.1, 0.15) is 0 Å². The standard InChI is InChI=1S/C54H34BrN3/c55-39-30-37(35-23-26-52-46(32-35)43-17-7-10-20-49(43)56(52)40-13-3-1-4-14-40)29-38(31-39)36-24-27-53-47(33-36)44-18-8-12-22-51(44)58(53)42-25-28-54-48(34-42)45-19-9-11-21-50(45)57(54)41-15-5-2-6-16-41/h1-34H. The van der Waals surface area contributed by atoms with Crippen LogP contribution in [-0.4, -0.2) is 13.7 Å². The van der Waals surface area contributed by atoms with Crippen LogP contribution >= 0.6 is 15.9 Å². The lowest BCUT2D eigenvalue weighted by molar-refractivity contribution is 1.17. The first kappa shape index (κ1) is 33.0. The van der Waals surface area contributed by atoms with E-state index in [0.29, 0.717) is 0 Å². The van der Waals surface area contributed by atoms with Gasteiger partial charge >= 0.3 is 0 Å². The SMILES string of the molecule is Brc1cc(-c2ccc3c(c2)c2ccccc2n3-c2ccccc2)cc(-c2ccc3c(c2)c2ccccc2n3-c2ccc3c(c2)c2ccccc2n3-c2ccccc2)c1. The van der Waals surface area contributed by atoms with Gasteiger partial charge in [0.15, 0.2) is 0 Å². The minimum atomic E-state index is 1.05. The van der Waals surface area contributed by atoms with Gasteiger partial charge < -0.3 is 13.7 Å². The summed E-state index contributed by atoms with van der Waals surface area (Å²) in [6.07, 6.45) is 0. The minimum Gasteiger partial charge on any atom is -0.309 e. The molecule has 0 saturated carbocycles. The molecule has 12 aromatic rings. The Morgan fingerprint density at radius 3 is 1.07 bits per heavy atom. The number of fused-ring (bicyclic) bond motifs is 9. The van der Waals surface area contributed by atoms with E-state index in [1.165, 1.54) is 93.4 Å². The molecule has 0 atom stereocenters. The van der Waals surface area contributed by atoms with Crippen LogP contribution in [-0.2, 0) is 0 Å². The second-order valence-electron chi connectivity index (χ2n) is 15.1. The summed E-state index contributed by atoms with van der Waals surface area (Å²) in [7, 11) is 0. The lowest BCUT2D eigenvalue weighted by Crippen LogP contribution is -1.95. The Balaban J connectivity index is 0.993. The molecule has 9 aromatic carbocycles. The number of rotatable bonds is 5. The summed E-state index contributed by atoms with van der Waals surface area (Å²) in [6, 6.07) is 75.1. The van der Waals surface area contributed by atoms with Gasteiger partial charge in [-0.05, 0) is 125 Å². The zero-order chi connectivity index (χ0) is 38.3. The smallest absolute Gasteiger partial charge is 0.0542 e. The quantitative estimate of drug-likeness (QED) is 0.165. The van der Waals surface area contributed by atoms with Crippen molar-refractivity contribution in [2.75, 3.05) is 0 Å². The number of hydrogen-bond donors (Lipinski definition) is 0. The zero-order valence-corrected chi connectivity index (χ0v) is 32.9. The second kappa shape index (κ2) is 13.0. The van der Waals surface area contributed by atoms with Crippen LogP contribution in [0.1, 0.15) is 0 Å². The molecule has 0 N–H and O–H groups in total. The molecular weight excluding hydrogens is 771 g/mol. The van der Waals surface area contributed by atoms with Crippen LogP contribution in [0, 0.1) is 0 Å². The van der Waals surface area contributed by atoms with Gasteiger partial charge in [-0.3, -0.25) is 0 Å². The molecule has 0 aliphatic heterocycles. The van der Waals surface area contributed by atoms with Gasteiger partial charge in [-0.2, -0.15) is 0 Å². The van der Waals surface area contributed by atoms with Crippen LogP contribution in [0.2, 0.25) is 0 Å². The molecule has 3 heterocycles. The summed E-state index contributed by atoms with van der Waals surface area (Å²) in [5.74, 6) is 0. The molecule has 0 aliphatic rings. The highest BCUT2D eigenvalue weighted by Gasteiger charge is 2.18. The number of hydrogen-bond acceptors (Lipinski definition) is 0. The van der Waals surface area contributed by atoms with Crippen LogP contribution in [0.4, 0.5) is 0 Å². The van der Waals surface area contributed by atoms with Crippen molar-refractivity contribution in [3.8, 4) is 39.3 Å². The predicted molar refractivity (Wildman–Crippen MR) is 248 cm³/mol. The van der Waals surface area contributed by atoms with Crippen molar-refractivity contribution < 1.29 is 0 Å². The fraction of sp³-hybridized carbons (Fsp3) is 0. The third-order valence-corrected chi connectivity index (χ3v) is 12.3. The van der Waals surface area contributed by atoms with E-state index < -0.39 is 0 Å². The third-order valence-electron chi connectivity index (χ3n) is 11.9. The van der Waals surface area contributed by atoms with E-state index in [1.54, 1.807) is 0 Å². The molecule has 0 aliphatic carbocycles. The molecule has 0 spiro atoms. The van der Waals surface area contributed by atoms with Crippen molar-refractivity contribution in [3.05, 3.63) is 211 Å². The average Bonchev–Trinajstić information content (AvgIpc) is 3.92. The van der Waals surface area contributed by atoms with Gasteiger partial charge in [-0.15, -0.1) is 0 Å². The molecule has 12 rings (SSSR count). The zero-order valence-electron chi connectivity index (χ0n) is 31.3. The van der Waals surface area contributed by atoms with Gasteiger partial charge in [0.05, 0.1) is 33.1 Å². The normalized spacial score (nSPS) is 11.9. The summed E-state index contributed by atoms with van der Waals surface area (Å²) < 4.78 is 8.22. The van der Waals surface area contributed by atoms with Crippen LogP contribution in [0.5, 0.6) is 0 Å². The number of benzene rings is 9. The van der Waals surface area contributed by atoms with Crippen molar-refractivity contribution in [2.24, 2.45) is 0 Å². The van der Waals surface area contributed by atoms with Gasteiger partial charge in [-0.25, -0.2) is 0 Å². The van der Waals surface area contributed by atoms with E-state index in [0.717, 1.165) is 15.8 Å². The van der Waals surface area contributed by atoms with Crippen molar-refractivity contribution in [1.82, 2.24) is 13.7 Å². The number of aromatic nitrogens is 3. The van der Waals surface area contributed by atoms with Crippen molar-refractivity contribution in [1.29, 1.82) is 0 Å². The van der Waals surface area contributed by atoms with Crippen molar-refractivity contribution in [3.63, 3.8) is 0 Å². The molecule has 3 aromatic heterocycles. The summed E-state index contributed by atoms with van der Waals surface area (Å²) in [5.41, 5.74) is 15.4. The minimum absolute atomic E-state index is 1.05. The van der Waals surface area contributed by atoms with E-state index in [2.05, 4.69) is 236 Å².